The molecule has 0 radical (unpaired) electrons. The van der Waals surface area contributed by atoms with E-state index in [-0.39, 0.29) is 4.99 Å². The number of aromatic nitrogens is 2. The normalized spacial score (nSPS) is 16.0. The second-order valence-corrected chi connectivity index (χ2v) is 4.44. The van der Waals surface area contributed by atoms with Crippen molar-refractivity contribution in [1.29, 1.82) is 0 Å². The number of nitrogens with zero attached hydrogens (tertiary/aromatic N) is 3. The zero-order valence-corrected chi connectivity index (χ0v) is 10.4. The molecular weight excluding hydrogens is 236 g/mol. The Kier molecular flexibility index (Phi) is 4.22. The van der Waals surface area contributed by atoms with Crippen LogP contribution in [0.25, 0.3) is 0 Å². The zero-order chi connectivity index (χ0) is 12.1. The molecule has 0 saturated carbocycles. The van der Waals surface area contributed by atoms with Crippen molar-refractivity contribution in [3.05, 3.63) is 18.1 Å². The third-order valence-corrected chi connectivity index (χ3v) is 2.93. The highest BCUT2D eigenvalue weighted by Crippen LogP contribution is 2.08. The fourth-order valence-electron chi connectivity index (χ4n) is 1.82. The average molecular weight is 252 g/mol. The maximum atomic E-state index is 5.53. The molecule has 1 saturated heterocycles. The highest BCUT2D eigenvalue weighted by Gasteiger charge is 2.11. The maximum absolute atomic E-state index is 5.53. The molecule has 0 spiro atoms. The quantitative estimate of drug-likeness (QED) is 0.774. The zero-order valence-electron chi connectivity index (χ0n) is 9.63. The van der Waals surface area contributed by atoms with E-state index >= 15 is 0 Å². The topological polar surface area (TPSA) is 64.3 Å². The summed E-state index contributed by atoms with van der Waals surface area (Å²) >= 11 is 4.83. The minimum absolute atomic E-state index is 0.238. The van der Waals surface area contributed by atoms with Gasteiger partial charge in [0.15, 0.2) is 0 Å². The third-order valence-electron chi connectivity index (χ3n) is 2.72. The molecule has 17 heavy (non-hydrogen) atoms. The molecule has 1 aliphatic heterocycles. The van der Waals surface area contributed by atoms with Gasteiger partial charge in [-0.05, 0) is 25.9 Å². The van der Waals surface area contributed by atoms with E-state index in [1.54, 1.807) is 6.20 Å². The Bertz CT molecular complexity index is 393. The smallest absolute Gasteiger partial charge is 0.232 e. The number of rotatable bonds is 5. The van der Waals surface area contributed by atoms with Gasteiger partial charge < -0.3 is 10.5 Å². The van der Waals surface area contributed by atoms with Crippen LogP contribution >= 0.6 is 12.2 Å². The average Bonchev–Trinajstić information content (AvgIpc) is 2.82. The fraction of sp³-hybridized carbons (Fsp3) is 0.545. The highest BCUT2D eigenvalue weighted by atomic mass is 32.1. The Morgan fingerprint density at radius 1 is 1.41 bits per heavy atom. The summed E-state index contributed by atoms with van der Waals surface area (Å²) in [6, 6.07) is 0. The first-order chi connectivity index (χ1) is 8.25. The van der Waals surface area contributed by atoms with E-state index < -0.39 is 0 Å². The Labute approximate surface area is 106 Å². The van der Waals surface area contributed by atoms with Crippen molar-refractivity contribution in [2.45, 2.75) is 12.8 Å². The lowest BCUT2D eigenvalue weighted by molar-refractivity contribution is 0.231. The summed E-state index contributed by atoms with van der Waals surface area (Å²) in [6.07, 6.45) is 5.69. The van der Waals surface area contributed by atoms with Crippen molar-refractivity contribution in [2.75, 3.05) is 26.2 Å². The van der Waals surface area contributed by atoms with Crippen LogP contribution in [0.2, 0.25) is 0 Å². The molecule has 1 aliphatic rings. The number of thiocarbonyl (C=S) groups is 1. The highest BCUT2D eigenvalue weighted by molar-refractivity contribution is 7.80. The largest absolute Gasteiger partial charge is 0.475 e. The van der Waals surface area contributed by atoms with Crippen molar-refractivity contribution in [2.24, 2.45) is 5.73 Å². The van der Waals surface area contributed by atoms with Crippen LogP contribution in [0.5, 0.6) is 5.88 Å². The summed E-state index contributed by atoms with van der Waals surface area (Å²) < 4.78 is 5.53. The molecule has 1 aromatic rings. The minimum atomic E-state index is 0.238. The SMILES string of the molecule is NC(=S)c1cncc(OCCN2CCCC2)n1. The molecule has 2 rings (SSSR count). The van der Waals surface area contributed by atoms with Gasteiger partial charge in [-0.25, -0.2) is 4.98 Å². The van der Waals surface area contributed by atoms with Crippen molar-refractivity contribution in [3.8, 4) is 5.88 Å². The van der Waals surface area contributed by atoms with Gasteiger partial charge in [-0.15, -0.1) is 0 Å². The molecule has 0 aliphatic carbocycles. The van der Waals surface area contributed by atoms with Gasteiger partial charge in [0.1, 0.15) is 17.3 Å². The number of likely N-dealkylation sites (tertiary alicyclic amines) is 1. The Morgan fingerprint density at radius 2 is 2.18 bits per heavy atom. The molecule has 1 aromatic heterocycles. The summed E-state index contributed by atoms with van der Waals surface area (Å²) in [5.41, 5.74) is 5.97. The van der Waals surface area contributed by atoms with Crippen LogP contribution in [0.3, 0.4) is 0 Å². The number of hydrogen-bond donors (Lipinski definition) is 1. The lowest BCUT2D eigenvalue weighted by Gasteiger charge is -2.14. The van der Waals surface area contributed by atoms with Crippen LogP contribution in [0.15, 0.2) is 12.4 Å². The van der Waals surface area contributed by atoms with E-state index in [9.17, 15) is 0 Å². The van der Waals surface area contributed by atoms with Crippen LogP contribution in [-0.4, -0.2) is 46.1 Å². The molecule has 2 N–H and O–H groups in total. The van der Waals surface area contributed by atoms with E-state index in [4.69, 9.17) is 22.7 Å². The summed E-state index contributed by atoms with van der Waals surface area (Å²) in [6.45, 7) is 3.89. The van der Waals surface area contributed by atoms with Gasteiger partial charge in [0.2, 0.25) is 5.88 Å². The van der Waals surface area contributed by atoms with Gasteiger partial charge in [0, 0.05) is 6.54 Å². The fourth-order valence-corrected chi connectivity index (χ4v) is 1.92. The van der Waals surface area contributed by atoms with E-state index in [0.717, 1.165) is 6.54 Å². The summed E-state index contributed by atoms with van der Waals surface area (Å²) in [5.74, 6) is 0.481. The Balaban J connectivity index is 1.81. The molecule has 0 aromatic carbocycles. The molecular formula is C11H16N4OS. The van der Waals surface area contributed by atoms with Gasteiger partial charge in [0.05, 0.1) is 12.4 Å². The van der Waals surface area contributed by atoms with Gasteiger partial charge in [0.25, 0.3) is 0 Å². The molecule has 0 amide bonds. The molecule has 1 fully saturated rings. The van der Waals surface area contributed by atoms with Crippen LogP contribution in [0.4, 0.5) is 0 Å². The molecule has 2 heterocycles. The van der Waals surface area contributed by atoms with E-state index in [0.29, 0.717) is 18.2 Å². The van der Waals surface area contributed by atoms with Crippen LogP contribution in [0.1, 0.15) is 18.5 Å². The second kappa shape index (κ2) is 5.88. The summed E-state index contributed by atoms with van der Waals surface area (Å²) in [5, 5.41) is 0. The maximum Gasteiger partial charge on any atom is 0.232 e. The van der Waals surface area contributed by atoms with Gasteiger partial charge in [-0.1, -0.05) is 12.2 Å². The number of hydrogen-bond acceptors (Lipinski definition) is 5. The first-order valence-electron chi connectivity index (χ1n) is 5.73. The lowest BCUT2D eigenvalue weighted by Crippen LogP contribution is -2.25. The van der Waals surface area contributed by atoms with Crippen molar-refractivity contribution < 1.29 is 4.74 Å². The monoisotopic (exact) mass is 252 g/mol. The molecule has 0 unspecified atom stereocenters. The van der Waals surface area contributed by atoms with Crippen molar-refractivity contribution in [1.82, 2.24) is 14.9 Å². The number of ether oxygens (including phenoxy) is 1. The molecule has 6 heteroatoms. The first-order valence-corrected chi connectivity index (χ1v) is 6.13. The molecule has 5 nitrogen and oxygen atoms in total. The van der Waals surface area contributed by atoms with E-state index in [2.05, 4.69) is 14.9 Å². The van der Waals surface area contributed by atoms with Crippen molar-refractivity contribution in [3.63, 3.8) is 0 Å². The minimum Gasteiger partial charge on any atom is -0.475 e. The van der Waals surface area contributed by atoms with E-state index in [1.165, 1.54) is 32.1 Å². The number of nitrogens with two attached hydrogens (primary N) is 1. The molecule has 0 bridgehead atoms. The second-order valence-electron chi connectivity index (χ2n) is 4.00. The Hall–Kier alpha value is -1.27. The molecule has 92 valence electrons. The predicted octanol–water partition coefficient (Wildman–Crippen LogP) is 0.585. The van der Waals surface area contributed by atoms with E-state index in [1.807, 2.05) is 0 Å². The Morgan fingerprint density at radius 3 is 2.88 bits per heavy atom. The summed E-state index contributed by atoms with van der Waals surface area (Å²) in [4.78, 5) is 10.8. The lowest BCUT2D eigenvalue weighted by atomic mass is 10.4. The van der Waals surface area contributed by atoms with Crippen LogP contribution in [-0.2, 0) is 0 Å². The molecule has 0 atom stereocenters. The van der Waals surface area contributed by atoms with Crippen molar-refractivity contribution >= 4 is 17.2 Å². The van der Waals surface area contributed by atoms with Crippen LogP contribution in [0, 0.1) is 0 Å². The third kappa shape index (κ3) is 3.61. The van der Waals surface area contributed by atoms with Gasteiger partial charge in [-0.3, -0.25) is 9.88 Å². The summed E-state index contributed by atoms with van der Waals surface area (Å²) in [7, 11) is 0. The van der Waals surface area contributed by atoms with Gasteiger partial charge >= 0.3 is 0 Å². The first kappa shape index (κ1) is 12.2. The standard InChI is InChI=1S/C11H16N4OS/c12-11(17)9-7-13-8-10(14-9)16-6-5-15-3-1-2-4-15/h7-8H,1-6H2,(H2,12,17). The van der Waals surface area contributed by atoms with Gasteiger partial charge in [-0.2, -0.15) is 0 Å². The predicted molar refractivity (Wildman–Crippen MR) is 69.1 cm³/mol. The van der Waals surface area contributed by atoms with Crippen LogP contribution < -0.4 is 10.5 Å².